The van der Waals surface area contributed by atoms with E-state index in [0.29, 0.717) is 39.8 Å². The van der Waals surface area contributed by atoms with Crippen molar-refractivity contribution >= 4 is 36.5 Å². The Labute approximate surface area is 193 Å². The topological polar surface area (TPSA) is 159 Å². The van der Waals surface area contributed by atoms with Crippen molar-refractivity contribution in [2.75, 3.05) is 12.3 Å². The zero-order valence-corrected chi connectivity index (χ0v) is 20.9. The first-order valence-corrected chi connectivity index (χ1v) is 12.9. The van der Waals surface area contributed by atoms with Crippen molar-refractivity contribution in [3.8, 4) is 0 Å². The number of phosphoric acid groups is 1. The first-order valence-electron chi connectivity index (χ1n) is 10.5. The summed E-state index contributed by atoms with van der Waals surface area (Å²) in [6.45, 7) is 7.37. The van der Waals surface area contributed by atoms with E-state index in [4.69, 9.17) is 15.5 Å². The number of allylic oxidation sites excluding steroid dienone is 1. The van der Waals surface area contributed by atoms with Crippen LogP contribution in [0, 0.1) is 12.8 Å². The van der Waals surface area contributed by atoms with Crippen LogP contribution in [0.4, 0.5) is 5.82 Å². The molecule has 1 heterocycles. The van der Waals surface area contributed by atoms with Crippen LogP contribution in [0.3, 0.4) is 0 Å². The van der Waals surface area contributed by atoms with Crippen molar-refractivity contribution in [1.82, 2.24) is 14.9 Å². The lowest BCUT2D eigenvalue weighted by Gasteiger charge is -2.23. The molecule has 0 saturated carbocycles. The lowest BCUT2D eigenvalue weighted by Crippen LogP contribution is -2.22. The fraction of sp³-hybridized carbons (Fsp3) is 0.600. The summed E-state index contributed by atoms with van der Waals surface area (Å²) < 4.78 is 15.7. The van der Waals surface area contributed by atoms with Crippen molar-refractivity contribution in [1.29, 1.82) is 0 Å². The van der Waals surface area contributed by atoms with Crippen LogP contribution >= 0.6 is 19.2 Å². The van der Waals surface area contributed by atoms with Gasteiger partial charge in [-0.15, -0.1) is 11.4 Å². The summed E-state index contributed by atoms with van der Waals surface area (Å²) in [6.07, 6.45) is 5.79. The molecule has 0 aliphatic rings. The van der Waals surface area contributed by atoms with Gasteiger partial charge in [0, 0.05) is 29.8 Å². The Kier molecular flexibility index (Phi) is 12.3. The molecule has 1 amide bonds. The number of aromatic nitrogens is 2. The molecule has 0 aliphatic heterocycles. The first kappa shape index (κ1) is 28.4. The summed E-state index contributed by atoms with van der Waals surface area (Å²) in [4.78, 5) is 40.1. The van der Waals surface area contributed by atoms with Crippen molar-refractivity contribution in [2.45, 2.75) is 66.3 Å². The minimum absolute atomic E-state index is 0.00277. The van der Waals surface area contributed by atoms with E-state index in [9.17, 15) is 14.5 Å². The van der Waals surface area contributed by atoms with Gasteiger partial charge in [0.05, 0.1) is 18.2 Å². The number of hydrogen-bond donors (Lipinski definition) is 5. The van der Waals surface area contributed by atoms with E-state index in [0.717, 1.165) is 25.7 Å². The Morgan fingerprint density at radius 1 is 1.34 bits per heavy atom. The van der Waals surface area contributed by atoms with Crippen LogP contribution in [0.5, 0.6) is 0 Å². The molecule has 0 radical (unpaired) electrons. The normalized spacial score (nSPS) is 13.6. The molecule has 0 aliphatic carbocycles. The molecule has 0 atom stereocenters. The Bertz CT molecular complexity index is 868. The van der Waals surface area contributed by atoms with Crippen molar-refractivity contribution in [3.63, 3.8) is 0 Å². The number of thiol groups is 1. The van der Waals surface area contributed by atoms with Gasteiger partial charge in [0.2, 0.25) is 6.41 Å². The van der Waals surface area contributed by atoms with Crippen LogP contribution in [-0.2, 0) is 20.4 Å². The number of nitrogen functional groups attached to an aromatic ring is 1. The third-order valence-corrected chi connectivity index (χ3v) is 6.75. The molecule has 0 bridgehead atoms. The van der Waals surface area contributed by atoms with Crippen molar-refractivity contribution in [2.24, 2.45) is 5.92 Å². The summed E-state index contributed by atoms with van der Waals surface area (Å²) >= 11 is 0.493. The molecule has 12 heteroatoms. The molecule has 0 aromatic carbocycles. The van der Waals surface area contributed by atoms with Gasteiger partial charge in [-0.25, -0.2) is 14.5 Å². The quantitative estimate of drug-likeness (QED) is 0.114. The molecule has 182 valence electrons. The predicted molar refractivity (Wildman–Crippen MR) is 128 cm³/mol. The van der Waals surface area contributed by atoms with Crippen LogP contribution in [0.2, 0.25) is 0 Å². The minimum Gasteiger partial charge on any atom is -0.383 e. The zero-order valence-electron chi connectivity index (χ0n) is 19.1. The van der Waals surface area contributed by atoms with E-state index in [1.165, 1.54) is 4.90 Å². The van der Waals surface area contributed by atoms with E-state index in [1.54, 1.807) is 20.0 Å². The van der Waals surface area contributed by atoms with Gasteiger partial charge in [-0.1, -0.05) is 26.7 Å². The second-order valence-electron chi connectivity index (χ2n) is 7.41. The number of carbonyl (C=O) groups is 1. The molecule has 0 saturated heterocycles. The average Bonchev–Trinajstić information content (AvgIpc) is 2.71. The number of anilines is 1. The van der Waals surface area contributed by atoms with Gasteiger partial charge in [0.15, 0.2) is 0 Å². The Morgan fingerprint density at radius 2 is 1.97 bits per heavy atom. The van der Waals surface area contributed by atoms with E-state index < -0.39 is 7.82 Å². The lowest BCUT2D eigenvalue weighted by molar-refractivity contribution is -0.116. The van der Waals surface area contributed by atoms with E-state index >= 15 is 0 Å². The molecule has 1 aromatic rings. The van der Waals surface area contributed by atoms with Gasteiger partial charge in [-0.05, 0) is 31.6 Å². The van der Waals surface area contributed by atoms with Crippen LogP contribution in [0.25, 0.3) is 0 Å². The average molecular weight is 491 g/mol. The fourth-order valence-electron chi connectivity index (χ4n) is 3.13. The predicted octanol–water partition coefficient (Wildman–Crippen LogP) is 3.43. The van der Waals surface area contributed by atoms with Crippen LogP contribution in [0.15, 0.2) is 16.8 Å². The van der Waals surface area contributed by atoms with E-state index in [1.807, 2.05) is 13.8 Å². The third-order valence-electron chi connectivity index (χ3n) is 4.82. The highest BCUT2D eigenvalue weighted by Crippen LogP contribution is 2.37. The molecular weight excluding hydrogens is 455 g/mol. The molecule has 32 heavy (non-hydrogen) atoms. The maximum Gasteiger partial charge on any atom is 0.469 e. The van der Waals surface area contributed by atoms with Crippen LogP contribution in [0.1, 0.15) is 64.3 Å². The number of nitrogens with two attached hydrogens (primary N) is 1. The highest BCUT2D eigenvalue weighted by atomic mass is 32.1. The van der Waals surface area contributed by atoms with Gasteiger partial charge >= 0.3 is 7.82 Å². The van der Waals surface area contributed by atoms with Gasteiger partial charge in [0.25, 0.3) is 0 Å². The number of nitrogens with zero attached hydrogens (tertiary/aromatic N) is 3. The number of rotatable bonds is 14. The summed E-state index contributed by atoms with van der Waals surface area (Å²) in [7, 11) is -4.63. The van der Waals surface area contributed by atoms with Crippen molar-refractivity contribution < 1.29 is 28.8 Å². The number of hydrogen-bond acceptors (Lipinski definition) is 6. The van der Waals surface area contributed by atoms with Gasteiger partial charge < -0.3 is 25.5 Å². The molecule has 0 unspecified atom stereocenters. The zero-order chi connectivity index (χ0) is 24.3. The Hall–Kier alpha value is -1.62. The smallest absolute Gasteiger partial charge is 0.383 e. The molecule has 5 N–H and O–H groups in total. The molecule has 1 rings (SSSR count). The highest BCUT2D eigenvalue weighted by Gasteiger charge is 2.18. The maximum atomic E-state index is 11.9. The van der Waals surface area contributed by atoms with Crippen molar-refractivity contribution in [3.05, 3.63) is 28.2 Å². The van der Waals surface area contributed by atoms with Gasteiger partial charge in [-0.2, -0.15) is 0 Å². The fourth-order valence-corrected chi connectivity index (χ4v) is 4.67. The second-order valence-corrected chi connectivity index (χ2v) is 9.87. The number of amides is 1. The van der Waals surface area contributed by atoms with E-state index in [-0.39, 0.29) is 36.4 Å². The molecule has 0 fully saturated rings. The highest BCUT2D eigenvalue weighted by molar-refractivity contribution is 8.02. The largest absolute Gasteiger partial charge is 0.469 e. The lowest BCUT2D eigenvalue weighted by atomic mass is 9.99. The summed E-state index contributed by atoms with van der Waals surface area (Å²) in [5.41, 5.74) is 7.05. The third kappa shape index (κ3) is 9.89. The Balaban J connectivity index is 3.30. The van der Waals surface area contributed by atoms with Crippen LogP contribution in [-0.4, -0.2) is 47.8 Å². The first-order chi connectivity index (χ1) is 15.0. The van der Waals surface area contributed by atoms with E-state index in [2.05, 4.69) is 14.5 Å². The molecule has 0 spiro atoms. The second kappa shape index (κ2) is 13.8. The molecular formula is C20H35N4O6PS. The molecule has 10 nitrogen and oxygen atoms in total. The van der Waals surface area contributed by atoms with Gasteiger partial charge in [-0.3, -0.25) is 9.32 Å². The number of carbonyl (C=O) groups excluding carboxylic acids is 1. The number of aliphatic hydroxyl groups is 1. The SMILES string of the molecule is CCCC(CCC)/C(O)=[SH]/C(CCOP(=O)(O)O)=C(/C)N(C=O)Cc1cnc(C)nc1N. The summed E-state index contributed by atoms with van der Waals surface area (Å²) in [5.74, 6) is 0.784. The Morgan fingerprint density at radius 3 is 2.47 bits per heavy atom. The summed E-state index contributed by atoms with van der Waals surface area (Å²) in [6, 6.07) is 0. The maximum absolute atomic E-state index is 11.9. The summed E-state index contributed by atoms with van der Waals surface area (Å²) in [5, 5.41) is 11.1. The molecule has 1 aromatic heterocycles. The monoisotopic (exact) mass is 490 g/mol. The standard InChI is InChI=1S/C20H35N4O6PS/c1-5-7-16(8-6-2)20(26)32-18(9-10-30-31(27,28)29)14(3)24(13-25)12-17-11-22-15(4)23-19(17)21/h11,13,16,26,32H,5-10,12H2,1-4H3,(H2,21,22,23)(H2,27,28,29)/b18-14-. The number of aliphatic hydroxyl groups excluding tert-OH is 1. The number of aryl methyl sites for hydroxylation is 1. The minimum atomic E-state index is -4.63. The van der Waals surface area contributed by atoms with Gasteiger partial charge in [0.1, 0.15) is 11.6 Å². The van der Waals surface area contributed by atoms with Crippen LogP contribution < -0.4 is 5.73 Å². The number of phosphoric ester groups is 1.